The molecule has 0 aliphatic carbocycles. The number of amides is 1. The van der Waals surface area contributed by atoms with Crippen molar-refractivity contribution in [3.05, 3.63) is 74.8 Å². The summed E-state index contributed by atoms with van der Waals surface area (Å²) in [6, 6.07) is 10.2. The molecule has 1 saturated heterocycles. The summed E-state index contributed by atoms with van der Waals surface area (Å²) < 4.78 is 16.6. The molecule has 39 heavy (non-hydrogen) atoms. The number of aliphatic hydroxyl groups is 1. The Morgan fingerprint density at radius 1 is 1.03 bits per heavy atom. The fourth-order valence-electron chi connectivity index (χ4n) is 4.22. The molecule has 1 aromatic heterocycles. The van der Waals surface area contributed by atoms with Gasteiger partial charge in [0.25, 0.3) is 5.78 Å². The highest BCUT2D eigenvalue weighted by atomic mass is 35.5. The van der Waals surface area contributed by atoms with Crippen LogP contribution in [0.15, 0.2) is 48.0 Å². The maximum absolute atomic E-state index is 13.5. The van der Waals surface area contributed by atoms with E-state index in [0.29, 0.717) is 46.6 Å². The summed E-state index contributed by atoms with van der Waals surface area (Å²) in [6.07, 6.45) is 0. The smallest absolute Gasteiger partial charge is 0.350 e. The Labute approximate surface area is 234 Å². The number of esters is 1. The molecule has 1 unspecified atom stereocenters. The maximum atomic E-state index is 13.5. The van der Waals surface area contributed by atoms with Gasteiger partial charge in [-0.15, -0.1) is 0 Å². The molecule has 0 spiro atoms. The zero-order chi connectivity index (χ0) is 28.3. The number of Topliss-reactive ketones (excluding diaryl/α,β-unsaturated/α-hetero) is 1. The summed E-state index contributed by atoms with van der Waals surface area (Å²) in [5.74, 6) is -1.84. The number of hydrogen-bond donors (Lipinski definition) is 1. The number of nitrogens with zero attached hydrogens (tertiary/aromatic N) is 2. The van der Waals surface area contributed by atoms with Gasteiger partial charge in [0.15, 0.2) is 16.6 Å². The third-order valence-corrected chi connectivity index (χ3v) is 7.29. The van der Waals surface area contributed by atoms with Crippen LogP contribution in [-0.4, -0.2) is 47.6 Å². The molecule has 1 aliphatic heterocycles. The zero-order valence-corrected chi connectivity index (χ0v) is 23.4. The number of benzene rings is 2. The number of ketones is 1. The average Bonchev–Trinajstić information content (AvgIpc) is 3.42. The summed E-state index contributed by atoms with van der Waals surface area (Å²) in [7, 11) is 0. The number of hydrogen-bond acceptors (Lipinski definition) is 9. The molecule has 0 radical (unpaired) electrons. The van der Waals surface area contributed by atoms with Crippen LogP contribution in [0.25, 0.3) is 5.76 Å². The summed E-state index contributed by atoms with van der Waals surface area (Å²) in [5.41, 5.74) is 0.996. The zero-order valence-electron chi connectivity index (χ0n) is 21.8. The van der Waals surface area contributed by atoms with Gasteiger partial charge in [0.2, 0.25) is 0 Å². The fraction of sp³-hybridized carbons (Fsp3) is 0.286. The van der Waals surface area contributed by atoms with Gasteiger partial charge in [-0.1, -0.05) is 29.0 Å². The van der Waals surface area contributed by atoms with Gasteiger partial charge >= 0.3 is 11.9 Å². The van der Waals surface area contributed by atoms with E-state index in [0.717, 1.165) is 11.3 Å². The minimum Gasteiger partial charge on any atom is -0.507 e. The third-order valence-electron chi connectivity index (χ3n) is 5.90. The van der Waals surface area contributed by atoms with Crippen molar-refractivity contribution in [3.8, 4) is 11.5 Å². The van der Waals surface area contributed by atoms with Gasteiger partial charge in [0.05, 0.1) is 37.1 Å². The van der Waals surface area contributed by atoms with Gasteiger partial charge in [0.1, 0.15) is 10.6 Å². The lowest BCUT2D eigenvalue weighted by molar-refractivity contribution is -0.132. The summed E-state index contributed by atoms with van der Waals surface area (Å²) in [5, 5.41) is 11.9. The van der Waals surface area contributed by atoms with E-state index in [-0.39, 0.29) is 27.9 Å². The van der Waals surface area contributed by atoms with Crippen LogP contribution in [0.5, 0.6) is 11.5 Å². The molecule has 0 saturated carbocycles. The molecule has 1 fully saturated rings. The predicted octanol–water partition coefficient (Wildman–Crippen LogP) is 5.71. The lowest BCUT2D eigenvalue weighted by Gasteiger charge is -2.24. The Balaban J connectivity index is 1.94. The van der Waals surface area contributed by atoms with Gasteiger partial charge in [-0.3, -0.25) is 14.5 Å². The van der Waals surface area contributed by atoms with Crippen molar-refractivity contribution in [3.63, 3.8) is 0 Å². The van der Waals surface area contributed by atoms with E-state index in [2.05, 4.69) is 4.98 Å². The molecule has 1 atom stereocenters. The van der Waals surface area contributed by atoms with Gasteiger partial charge in [0, 0.05) is 10.6 Å². The van der Waals surface area contributed by atoms with Crippen molar-refractivity contribution in [1.29, 1.82) is 0 Å². The quantitative estimate of drug-likeness (QED) is 0.151. The number of rotatable bonds is 9. The lowest BCUT2D eigenvalue weighted by atomic mass is 9.95. The Kier molecular flexibility index (Phi) is 8.57. The number of carbonyl (C=O) groups is 3. The van der Waals surface area contributed by atoms with E-state index in [4.69, 9.17) is 25.8 Å². The average molecular weight is 571 g/mol. The molecule has 1 amide bonds. The van der Waals surface area contributed by atoms with Crippen molar-refractivity contribution in [2.24, 2.45) is 0 Å². The summed E-state index contributed by atoms with van der Waals surface area (Å²) >= 11 is 6.95. The number of thiazole rings is 1. The highest BCUT2D eigenvalue weighted by Crippen LogP contribution is 2.45. The molecule has 3 aromatic rings. The number of ether oxygens (including phenoxy) is 3. The molecule has 2 aromatic carbocycles. The normalized spacial score (nSPS) is 16.4. The number of aromatic nitrogens is 1. The fourth-order valence-corrected chi connectivity index (χ4v) is 5.33. The minimum atomic E-state index is -1.07. The van der Waals surface area contributed by atoms with Crippen LogP contribution in [0.3, 0.4) is 0 Å². The van der Waals surface area contributed by atoms with Crippen molar-refractivity contribution >= 4 is 51.5 Å². The van der Waals surface area contributed by atoms with E-state index >= 15 is 0 Å². The number of halogens is 1. The molecule has 1 aliphatic rings. The molecule has 11 heteroatoms. The standard InChI is InChI=1S/C28H27ClN2O7S/c1-5-36-19-13-10-17(14-20(19)37-6-2)22-21(23(32)16-8-11-18(29)12-9-16)24(33)26(34)31(22)28-30-15(4)25(39-28)27(35)38-7-3/h8-14,22,32H,5-7H2,1-4H3. The Morgan fingerprint density at radius 2 is 1.69 bits per heavy atom. The van der Waals surface area contributed by atoms with E-state index in [9.17, 15) is 19.5 Å². The number of anilines is 1. The topological polar surface area (TPSA) is 115 Å². The first-order chi connectivity index (χ1) is 18.7. The van der Waals surface area contributed by atoms with Gasteiger partial charge in [-0.05, 0) is 69.7 Å². The highest BCUT2D eigenvalue weighted by molar-refractivity contribution is 7.17. The monoisotopic (exact) mass is 570 g/mol. The number of aryl methyl sites for hydroxylation is 1. The van der Waals surface area contributed by atoms with E-state index < -0.39 is 23.7 Å². The molecule has 9 nitrogen and oxygen atoms in total. The molecule has 0 bridgehead atoms. The second-order valence-corrected chi connectivity index (χ2v) is 9.79. The molecule has 204 valence electrons. The van der Waals surface area contributed by atoms with Crippen LogP contribution in [0.1, 0.15) is 53.3 Å². The van der Waals surface area contributed by atoms with Crippen molar-refractivity contribution in [2.75, 3.05) is 24.7 Å². The van der Waals surface area contributed by atoms with E-state index in [1.807, 2.05) is 13.8 Å². The summed E-state index contributed by atoms with van der Waals surface area (Å²) in [4.78, 5) is 45.3. The van der Waals surface area contributed by atoms with Crippen LogP contribution in [-0.2, 0) is 14.3 Å². The first kappa shape index (κ1) is 28.1. The highest BCUT2D eigenvalue weighted by Gasteiger charge is 2.48. The number of carbonyl (C=O) groups excluding carboxylic acids is 3. The Bertz CT molecular complexity index is 1450. The van der Waals surface area contributed by atoms with Crippen molar-refractivity contribution < 1.29 is 33.7 Å². The van der Waals surface area contributed by atoms with E-state index in [1.165, 1.54) is 4.90 Å². The van der Waals surface area contributed by atoms with Crippen LogP contribution in [0, 0.1) is 6.92 Å². The molecule has 4 rings (SSSR count). The molecule has 1 N–H and O–H groups in total. The third kappa shape index (κ3) is 5.48. The largest absolute Gasteiger partial charge is 0.507 e. The maximum Gasteiger partial charge on any atom is 0.350 e. The van der Waals surface area contributed by atoms with Crippen LogP contribution in [0.4, 0.5) is 5.13 Å². The Morgan fingerprint density at radius 3 is 2.33 bits per heavy atom. The number of aliphatic hydroxyl groups excluding tert-OH is 1. The SMILES string of the molecule is CCOC(=O)c1sc(N2C(=O)C(=O)C(=C(O)c3ccc(Cl)cc3)C2c2ccc(OCC)c(OCC)c2)nc1C. The van der Waals surface area contributed by atoms with Crippen LogP contribution in [0.2, 0.25) is 5.02 Å². The molecular weight excluding hydrogens is 544 g/mol. The van der Waals surface area contributed by atoms with Crippen LogP contribution >= 0.6 is 22.9 Å². The molecule has 2 heterocycles. The van der Waals surface area contributed by atoms with E-state index in [1.54, 1.807) is 56.3 Å². The van der Waals surface area contributed by atoms with Crippen LogP contribution < -0.4 is 14.4 Å². The van der Waals surface area contributed by atoms with Crippen molar-refractivity contribution in [2.45, 2.75) is 33.7 Å². The predicted molar refractivity (Wildman–Crippen MR) is 148 cm³/mol. The first-order valence-electron chi connectivity index (χ1n) is 12.3. The second-order valence-electron chi connectivity index (χ2n) is 8.38. The van der Waals surface area contributed by atoms with Gasteiger partial charge in [-0.25, -0.2) is 9.78 Å². The lowest BCUT2D eigenvalue weighted by Crippen LogP contribution is -2.29. The Hall–Kier alpha value is -3.89. The first-order valence-corrected chi connectivity index (χ1v) is 13.5. The second kappa shape index (κ2) is 11.9. The van der Waals surface area contributed by atoms with Gasteiger partial charge in [-0.2, -0.15) is 0 Å². The van der Waals surface area contributed by atoms with Crippen molar-refractivity contribution in [1.82, 2.24) is 4.98 Å². The minimum absolute atomic E-state index is 0.115. The molecular formula is C28H27ClN2O7S. The summed E-state index contributed by atoms with van der Waals surface area (Å²) in [6.45, 7) is 7.90. The van der Waals surface area contributed by atoms with Gasteiger partial charge < -0.3 is 19.3 Å².